The maximum atomic E-state index is 12.0. The Bertz CT molecular complexity index is 731. The third kappa shape index (κ3) is 5.15. The first-order valence-corrected chi connectivity index (χ1v) is 7.96. The number of amides is 2. The van der Waals surface area contributed by atoms with Crippen LogP contribution in [0.4, 0.5) is 5.69 Å². The standard InChI is InChI=1S/C17H19ClN2O5/c1-23-14-9-11(18)12(10-15(14)24-2)20-16(21)6-3-7-19-17(22)13-5-4-8-25-13/h4-5,8-10H,3,6-7H2,1-2H3,(H,19,22)(H,20,21). The SMILES string of the molecule is COc1cc(Cl)c(NC(=O)CCCNC(=O)c2ccco2)cc1OC. The van der Waals surface area contributed by atoms with Gasteiger partial charge in [0.1, 0.15) is 0 Å². The minimum Gasteiger partial charge on any atom is -0.493 e. The fraction of sp³-hybridized carbons (Fsp3) is 0.294. The van der Waals surface area contributed by atoms with E-state index in [0.717, 1.165) is 0 Å². The van der Waals surface area contributed by atoms with Gasteiger partial charge in [-0.1, -0.05) is 11.6 Å². The molecule has 2 N–H and O–H groups in total. The third-order valence-electron chi connectivity index (χ3n) is 3.36. The summed E-state index contributed by atoms with van der Waals surface area (Å²) in [5.74, 6) is 0.648. The van der Waals surface area contributed by atoms with Crippen molar-refractivity contribution in [2.24, 2.45) is 0 Å². The van der Waals surface area contributed by atoms with Crippen LogP contribution in [-0.4, -0.2) is 32.6 Å². The topological polar surface area (TPSA) is 89.8 Å². The molecule has 7 nitrogen and oxygen atoms in total. The number of rotatable bonds is 8. The van der Waals surface area contributed by atoms with E-state index in [0.29, 0.717) is 35.2 Å². The van der Waals surface area contributed by atoms with Gasteiger partial charge in [0.25, 0.3) is 5.91 Å². The molecule has 134 valence electrons. The molecule has 1 aromatic carbocycles. The van der Waals surface area contributed by atoms with Gasteiger partial charge in [0.05, 0.1) is 31.2 Å². The number of hydrogen-bond donors (Lipinski definition) is 2. The Balaban J connectivity index is 1.81. The van der Waals surface area contributed by atoms with E-state index in [9.17, 15) is 9.59 Å². The van der Waals surface area contributed by atoms with Crippen LogP contribution >= 0.6 is 11.6 Å². The molecule has 0 aliphatic heterocycles. The van der Waals surface area contributed by atoms with Gasteiger partial charge in [-0.05, 0) is 18.6 Å². The molecule has 8 heteroatoms. The zero-order valence-electron chi connectivity index (χ0n) is 13.9. The molecule has 0 unspecified atom stereocenters. The van der Waals surface area contributed by atoms with Crippen molar-refractivity contribution in [3.8, 4) is 11.5 Å². The summed E-state index contributed by atoms with van der Waals surface area (Å²) < 4.78 is 15.3. The highest BCUT2D eigenvalue weighted by molar-refractivity contribution is 6.34. The Morgan fingerprint density at radius 3 is 2.56 bits per heavy atom. The smallest absolute Gasteiger partial charge is 0.286 e. The summed E-state index contributed by atoms with van der Waals surface area (Å²) in [6, 6.07) is 6.37. The lowest BCUT2D eigenvalue weighted by atomic mass is 10.2. The molecule has 2 aromatic rings. The first kappa shape index (κ1) is 18.7. The van der Waals surface area contributed by atoms with Gasteiger partial charge in [0.2, 0.25) is 5.91 Å². The van der Waals surface area contributed by atoms with Gasteiger partial charge in [-0.25, -0.2) is 0 Å². The van der Waals surface area contributed by atoms with Crippen LogP contribution in [0.15, 0.2) is 34.9 Å². The van der Waals surface area contributed by atoms with Crippen LogP contribution in [0.3, 0.4) is 0 Å². The van der Waals surface area contributed by atoms with Crippen molar-refractivity contribution in [3.63, 3.8) is 0 Å². The van der Waals surface area contributed by atoms with Gasteiger partial charge in [-0.2, -0.15) is 0 Å². The number of nitrogens with one attached hydrogen (secondary N) is 2. The predicted octanol–water partition coefficient (Wildman–Crippen LogP) is 3.10. The van der Waals surface area contributed by atoms with Gasteiger partial charge in [0.15, 0.2) is 17.3 Å². The second kappa shape index (κ2) is 8.98. The second-order valence-electron chi connectivity index (χ2n) is 5.07. The van der Waals surface area contributed by atoms with E-state index < -0.39 is 0 Å². The molecule has 0 radical (unpaired) electrons. The van der Waals surface area contributed by atoms with E-state index in [2.05, 4.69) is 10.6 Å². The van der Waals surface area contributed by atoms with Crippen molar-refractivity contribution < 1.29 is 23.5 Å². The van der Waals surface area contributed by atoms with Crippen LogP contribution in [0.1, 0.15) is 23.4 Å². The Labute approximate surface area is 150 Å². The van der Waals surface area contributed by atoms with Crippen molar-refractivity contribution in [2.45, 2.75) is 12.8 Å². The van der Waals surface area contributed by atoms with E-state index in [4.69, 9.17) is 25.5 Å². The molecule has 25 heavy (non-hydrogen) atoms. The average Bonchev–Trinajstić information content (AvgIpc) is 3.14. The number of furan rings is 1. The number of carbonyl (C=O) groups is 2. The number of methoxy groups -OCH3 is 2. The van der Waals surface area contributed by atoms with Gasteiger partial charge >= 0.3 is 0 Å². The molecule has 0 saturated carbocycles. The van der Waals surface area contributed by atoms with Crippen molar-refractivity contribution in [3.05, 3.63) is 41.3 Å². The summed E-state index contributed by atoms with van der Waals surface area (Å²) >= 11 is 6.12. The number of hydrogen-bond acceptors (Lipinski definition) is 5. The second-order valence-corrected chi connectivity index (χ2v) is 5.48. The summed E-state index contributed by atoms with van der Waals surface area (Å²) in [4.78, 5) is 23.7. The van der Waals surface area contributed by atoms with Crippen LogP contribution in [0, 0.1) is 0 Å². The normalized spacial score (nSPS) is 10.2. The maximum Gasteiger partial charge on any atom is 0.286 e. The summed E-state index contributed by atoms with van der Waals surface area (Å²) in [5, 5.41) is 5.73. The van der Waals surface area contributed by atoms with Gasteiger partial charge in [0, 0.05) is 25.1 Å². The predicted molar refractivity (Wildman–Crippen MR) is 93.5 cm³/mol. The minimum absolute atomic E-state index is 0.221. The first-order valence-electron chi connectivity index (χ1n) is 7.58. The number of benzene rings is 1. The highest BCUT2D eigenvalue weighted by atomic mass is 35.5. The molecule has 0 fully saturated rings. The Morgan fingerprint density at radius 2 is 1.92 bits per heavy atom. The van der Waals surface area contributed by atoms with Crippen molar-refractivity contribution in [1.29, 1.82) is 0 Å². The summed E-state index contributed by atoms with van der Waals surface area (Å²) in [7, 11) is 3.00. The van der Waals surface area contributed by atoms with Crippen LogP contribution in [-0.2, 0) is 4.79 Å². The summed E-state index contributed by atoms with van der Waals surface area (Å²) in [5.41, 5.74) is 0.434. The molecule has 2 rings (SSSR count). The third-order valence-corrected chi connectivity index (χ3v) is 3.67. The molecular weight excluding hydrogens is 348 g/mol. The van der Waals surface area contributed by atoms with Gasteiger partial charge in [-0.3, -0.25) is 9.59 Å². The molecule has 2 amide bonds. The first-order chi connectivity index (χ1) is 12.0. The largest absolute Gasteiger partial charge is 0.493 e. The van der Waals surface area contributed by atoms with Crippen LogP contribution in [0.2, 0.25) is 5.02 Å². The molecule has 0 bridgehead atoms. The molecule has 0 aliphatic rings. The zero-order valence-corrected chi connectivity index (χ0v) is 14.7. The average molecular weight is 367 g/mol. The lowest BCUT2D eigenvalue weighted by Gasteiger charge is -2.12. The molecule has 0 atom stereocenters. The number of ether oxygens (including phenoxy) is 2. The van der Waals surface area contributed by atoms with Gasteiger partial charge < -0.3 is 24.5 Å². The Hall–Kier alpha value is -2.67. The molecule has 1 aromatic heterocycles. The minimum atomic E-state index is -0.312. The maximum absolute atomic E-state index is 12.0. The van der Waals surface area contributed by atoms with E-state index in [1.807, 2.05) is 0 Å². The molecule has 0 saturated heterocycles. The summed E-state index contributed by atoms with van der Waals surface area (Å²) in [6.07, 6.45) is 2.13. The summed E-state index contributed by atoms with van der Waals surface area (Å²) in [6.45, 7) is 0.354. The van der Waals surface area contributed by atoms with E-state index in [1.54, 1.807) is 24.3 Å². The fourth-order valence-corrected chi connectivity index (χ4v) is 2.31. The van der Waals surface area contributed by atoms with Crippen molar-refractivity contribution in [1.82, 2.24) is 5.32 Å². The van der Waals surface area contributed by atoms with Crippen molar-refractivity contribution >= 4 is 29.1 Å². The van der Waals surface area contributed by atoms with E-state index >= 15 is 0 Å². The highest BCUT2D eigenvalue weighted by Crippen LogP contribution is 2.36. The van der Waals surface area contributed by atoms with Crippen LogP contribution < -0.4 is 20.1 Å². The quantitative estimate of drug-likeness (QED) is 0.701. The Morgan fingerprint density at radius 1 is 1.20 bits per heavy atom. The van der Waals surface area contributed by atoms with Crippen LogP contribution in [0.25, 0.3) is 0 Å². The fourth-order valence-electron chi connectivity index (χ4n) is 2.11. The lowest BCUT2D eigenvalue weighted by molar-refractivity contribution is -0.116. The van der Waals surface area contributed by atoms with Gasteiger partial charge in [-0.15, -0.1) is 0 Å². The number of carbonyl (C=O) groups excluding carboxylic acids is 2. The highest BCUT2D eigenvalue weighted by Gasteiger charge is 2.12. The molecular formula is C17H19ClN2O5. The molecule has 0 aliphatic carbocycles. The lowest BCUT2D eigenvalue weighted by Crippen LogP contribution is -2.25. The van der Waals surface area contributed by atoms with E-state index in [1.165, 1.54) is 20.5 Å². The number of halogens is 1. The molecule has 0 spiro atoms. The van der Waals surface area contributed by atoms with E-state index in [-0.39, 0.29) is 24.0 Å². The Kier molecular flexibility index (Phi) is 6.71. The number of anilines is 1. The monoisotopic (exact) mass is 366 g/mol. The molecule has 1 heterocycles. The zero-order chi connectivity index (χ0) is 18.2. The van der Waals surface area contributed by atoms with Crippen LogP contribution in [0.5, 0.6) is 11.5 Å². The van der Waals surface area contributed by atoms with Crippen molar-refractivity contribution in [2.75, 3.05) is 26.1 Å².